The third-order valence-corrected chi connectivity index (χ3v) is 7.37. The van der Waals surface area contributed by atoms with Gasteiger partial charge in [-0.15, -0.1) is 0 Å². The number of ether oxygens (including phenoxy) is 1. The van der Waals surface area contributed by atoms with Crippen molar-refractivity contribution in [2.45, 2.75) is 37.8 Å². The van der Waals surface area contributed by atoms with Crippen LogP contribution in [0.15, 0.2) is 48.5 Å². The van der Waals surface area contributed by atoms with Crippen LogP contribution in [-0.2, 0) is 4.79 Å². The third kappa shape index (κ3) is 5.19. The normalized spacial score (nSPS) is 14.6. The van der Waals surface area contributed by atoms with Crippen molar-refractivity contribution in [3.63, 3.8) is 0 Å². The lowest BCUT2D eigenvalue weighted by Gasteiger charge is -2.32. The van der Waals surface area contributed by atoms with Crippen LogP contribution in [0.4, 0.5) is 10.1 Å². The number of nitrogens with one attached hydrogen (secondary N) is 1. The van der Waals surface area contributed by atoms with Gasteiger partial charge in [-0.1, -0.05) is 48.2 Å². The average molecular weight is 522 g/mol. The number of methoxy groups -OCH3 is 1. The molecular formula is C24H22Cl2FN3O3S. The Balaban J connectivity index is 1.83. The first-order valence-corrected chi connectivity index (χ1v) is 12.3. The molecule has 0 aliphatic heterocycles. The van der Waals surface area contributed by atoms with Crippen LogP contribution in [0, 0.1) is 5.82 Å². The van der Waals surface area contributed by atoms with Gasteiger partial charge in [0.1, 0.15) is 27.0 Å². The molecule has 1 aliphatic rings. The fourth-order valence-electron chi connectivity index (χ4n) is 4.05. The molecule has 1 saturated carbocycles. The average Bonchev–Trinajstić information content (AvgIpc) is 3.47. The van der Waals surface area contributed by atoms with Crippen molar-refractivity contribution < 1.29 is 18.7 Å². The van der Waals surface area contributed by atoms with E-state index in [0.717, 1.165) is 37.2 Å². The highest BCUT2D eigenvalue weighted by Gasteiger charge is 2.37. The van der Waals surface area contributed by atoms with E-state index in [1.807, 2.05) is 0 Å². The van der Waals surface area contributed by atoms with Crippen LogP contribution in [-0.4, -0.2) is 29.3 Å². The second-order valence-corrected chi connectivity index (χ2v) is 9.69. The van der Waals surface area contributed by atoms with Crippen molar-refractivity contribution in [3.05, 3.63) is 75.0 Å². The zero-order valence-corrected chi connectivity index (χ0v) is 20.6. The molecule has 1 heterocycles. The van der Waals surface area contributed by atoms with Crippen molar-refractivity contribution in [1.29, 1.82) is 0 Å². The summed E-state index contributed by atoms with van der Waals surface area (Å²) >= 11 is 13.2. The van der Waals surface area contributed by atoms with Crippen molar-refractivity contribution in [2.24, 2.45) is 0 Å². The number of nitrogens with zero attached hydrogens (tertiary/aromatic N) is 2. The number of aromatic nitrogens is 1. The number of hydrogen-bond donors (Lipinski definition) is 1. The zero-order chi connectivity index (χ0) is 24.2. The number of carbonyl (C=O) groups excluding carboxylic acids is 2. The van der Waals surface area contributed by atoms with Crippen LogP contribution in [0.5, 0.6) is 5.75 Å². The topological polar surface area (TPSA) is 71.5 Å². The first-order valence-electron chi connectivity index (χ1n) is 10.7. The van der Waals surface area contributed by atoms with E-state index in [1.165, 1.54) is 29.2 Å². The summed E-state index contributed by atoms with van der Waals surface area (Å²) < 4.78 is 23.3. The maximum Gasteiger partial charge on any atom is 0.280 e. The molecule has 0 bridgehead atoms. The molecule has 0 spiro atoms. The van der Waals surface area contributed by atoms with Crippen molar-refractivity contribution in [2.75, 3.05) is 12.0 Å². The van der Waals surface area contributed by atoms with E-state index < -0.39 is 17.8 Å². The lowest BCUT2D eigenvalue weighted by atomic mass is 10.0. The molecule has 2 aromatic carbocycles. The van der Waals surface area contributed by atoms with Gasteiger partial charge in [-0.25, -0.2) is 4.39 Å². The molecule has 6 nitrogen and oxygen atoms in total. The first kappa shape index (κ1) is 24.4. The highest BCUT2D eigenvalue weighted by atomic mass is 35.5. The molecule has 2 amide bonds. The molecule has 178 valence electrons. The Labute approximate surface area is 210 Å². The predicted octanol–water partition coefficient (Wildman–Crippen LogP) is 6.04. The maximum atomic E-state index is 13.8. The lowest BCUT2D eigenvalue weighted by Crippen LogP contribution is -2.46. The molecule has 0 radical (unpaired) electrons. The summed E-state index contributed by atoms with van der Waals surface area (Å²) in [6, 6.07) is 11.2. The van der Waals surface area contributed by atoms with Gasteiger partial charge in [-0.05, 0) is 66.3 Å². The van der Waals surface area contributed by atoms with Crippen molar-refractivity contribution >= 4 is 52.2 Å². The Morgan fingerprint density at radius 3 is 2.32 bits per heavy atom. The molecule has 10 heteroatoms. The van der Waals surface area contributed by atoms with Gasteiger partial charge in [0.15, 0.2) is 5.69 Å². The molecule has 4 rings (SSSR count). The van der Waals surface area contributed by atoms with Gasteiger partial charge in [-0.3, -0.25) is 14.5 Å². The van der Waals surface area contributed by atoms with E-state index in [-0.39, 0.29) is 27.0 Å². The van der Waals surface area contributed by atoms with Gasteiger partial charge in [0, 0.05) is 11.7 Å². The highest BCUT2D eigenvalue weighted by Crippen LogP contribution is 2.35. The van der Waals surface area contributed by atoms with Gasteiger partial charge in [0.25, 0.3) is 5.91 Å². The molecule has 1 aromatic heterocycles. The van der Waals surface area contributed by atoms with E-state index in [0.29, 0.717) is 17.0 Å². The van der Waals surface area contributed by atoms with Crippen LogP contribution < -0.4 is 15.0 Å². The van der Waals surface area contributed by atoms with Crippen LogP contribution in [0.3, 0.4) is 0 Å². The maximum absolute atomic E-state index is 13.8. The van der Waals surface area contributed by atoms with Crippen molar-refractivity contribution in [1.82, 2.24) is 9.69 Å². The standard InChI is InChI=1S/C24H22Cl2FN3O3S/c1-33-18-12-6-14(7-13-18)21(23(31)28-16-4-2-3-5-16)30(17-10-8-15(27)9-11-17)24(32)20-19(25)22(26)34-29-20/h6-13,16,21H,2-5H2,1H3,(H,28,31). The summed E-state index contributed by atoms with van der Waals surface area (Å²) in [6.07, 6.45) is 3.82. The molecule has 0 saturated heterocycles. The van der Waals surface area contributed by atoms with E-state index in [4.69, 9.17) is 27.9 Å². The number of benzene rings is 2. The highest BCUT2D eigenvalue weighted by molar-refractivity contribution is 7.11. The smallest absolute Gasteiger partial charge is 0.280 e. The number of amides is 2. The summed E-state index contributed by atoms with van der Waals surface area (Å²) in [6.45, 7) is 0. The lowest BCUT2D eigenvalue weighted by molar-refractivity contribution is -0.123. The van der Waals surface area contributed by atoms with Gasteiger partial charge in [0.05, 0.1) is 7.11 Å². The van der Waals surface area contributed by atoms with E-state index in [1.54, 1.807) is 31.4 Å². The summed E-state index contributed by atoms with van der Waals surface area (Å²) in [4.78, 5) is 28.7. The number of rotatable bonds is 7. The van der Waals surface area contributed by atoms with Gasteiger partial charge >= 0.3 is 0 Å². The van der Waals surface area contributed by atoms with Crippen LogP contribution >= 0.6 is 34.7 Å². The summed E-state index contributed by atoms with van der Waals surface area (Å²) in [5.41, 5.74) is 0.786. The number of anilines is 1. The van der Waals surface area contributed by atoms with E-state index >= 15 is 0 Å². The number of hydrogen-bond acceptors (Lipinski definition) is 5. The largest absolute Gasteiger partial charge is 0.497 e. The molecule has 1 unspecified atom stereocenters. The zero-order valence-electron chi connectivity index (χ0n) is 18.3. The number of halogens is 3. The fraction of sp³-hybridized carbons (Fsp3) is 0.292. The summed E-state index contributed by atoms with van der Waals surface area (Å²) in [5.74, 6) is -0.843. The van der Waals surface area contributed by atoms with Crippen molar-refractivity contribution in [3.8, 4) is 5.75 Å². The molecule has 34 heavy (non-hydrogen) atoms. The van der Waals surface area contributed by atoms with Crippen LogP contribution in [0.1, 0.15) is 47.8 Å². The molecule has 3 aromatic rings. The Hall–Kier alpha value is -2.68. The Kier molecular flexibility index (Phi) is 7.70. The minimum atomic E-state index is -1.07. The molecule has 1 fully saturated rings. The summed E-state index contributed by atoms with van der Waals surface area (Å²) in [5, 5.41) is 3.09. The first-order chi connectivity index (χ1) is 16.4. The Morgan fingerprint density at radius 2 is 1.76 bits per heavy atom. The molecular weight excluding hydrogens is 500 g/mol. The van der Waals surface area contributed by atoms with E-state index in [2.05, 4.69) is 9.69 Å². The molecule has 1 aliphatic carbocycles. The second kappa shape index (κ2) is 10.7. The van der Waals surface area contributed by atoms with E-state index in [9.17, 15) is 14.0 Å². The van der Waals surface area contributed by atoms with Gasteiger partial charge < -0.3 is 10.1 Å². The van der Waals surface area contributed by atoms with Crippen LogP contribution in [0.25, 0.3) is 0 Å². The SMILES string of the molecule is COc1ccc(C(C(=O)NC2CCCC2)N(C(=O)c2nsc(Cl)c2Cl)c2ccc(F)cc2)cc1. The summed E-state index contributed by atoms with van der Waals surface area (Å²) in [7, 11) is 1.54. The minimum absolute atomic E-state index is 0.00783. The second-order valence-electron chi connectivity index (χ2n) is 7.94. The Bertz CT molecular complexity index is 1170. The predicted molar refractivity (Wildman–Crippen MR) is 131 cm³/mol. The number of carbonyl (C=O) groups is 2. The minimum Gasteiger partial charge on any atom is -0.497 e. The quantitative estimate of drug-likeness (QED) is 0.411. The van der Waals surface area contributed by atoms with Gasteiger partial charge in [-0.2, -0.15) is 4.37 Å². The van der Waals surface area contributed by atoms with Crippen LogP contribution in [0.2, 0.25) is 9.36 Å². The molecule has 1 N–H and O–H groups in total. The fourth-order valence-corrected chi connectivity index (χ4v) is 5.03. The monoisotopic (exact) mass is 521 g/mol. The molecule has 1 atom stereocenters. The van der Waals surface area contributed by atoms with Gasteiger partial charge in [0.2, 0.25) is 5.91 Å². The Morgan fingerprint density at radius 1 is 1.12 bits per heavy atom. The third-order valence-electron chi connectivity index (χ3n) is 5.76.